The van der Waals surface area contributed by atoms with Crippen LogP contribution in [0.4, 0.5) is 0 Å². The first-order chi connectivity index (χ1) is 7.24. The lowest BCUT2D eigenvalue weighted by Gasteiger charge is -2.24. The van der Waals surface area contributed by atoms with Gasteiger partial charge in [0.15, 0.2) is 5.76 Å². The van der Waals surface area contributed by atoms with Crippen molar-refractivity contribution >= 4 is 5.91 Å². The second-order valence-electron chi connectivity index (χ2n) is 4.04. The van der Waals surface area contributed by atoms with Crippen molar-refractivity contribution in [3.8, 4) is 0 Å². The molecule has 0 aromatic carbocycles. The molecule has 1 aromatic heterocycles. The second kappa shape index (κ2) is 4.06. The normalized spacial score (nSPS) is 25.9. The number of hydrogen-bond acceptors (Lipinski definition) is 3. The highest BCUT2D eigenvalue weighted by Crippen LogP contribution is 2.24. The quantitative estimate of drug-likeness (QED) is 0.791. The summed E-state index contributed by atoms with van der Waals surface area (Å²) in [6, 6.07) is 3.57. The molecule has 1 aromatic rings. The minimum atomic E-state index is -0.0419. The van der Waals surface area contributed by atoms with Gasteiger partial charge in [-0.25, -0.2) is 0 Å². The summed E-state index contributed by atoms with van der Waals surface area (Å²) in [6.07, 6.45) is 2.54. The maximum absolute atomic E-state index is 12.0. The topological polar surface area (TPSA) is 59.5 Å². The molecular weight excluding hydrogens is 192 g/mol. The van der Waals surface area contributed by atoms with Gasteiger partial charge >= 0.3 is 0 Å². The highest BCUT2D eigenvalue weighted by atomic mass is 16.3. The monoisotopic (exact) mass is 208 g/mol. The summed E-state index contributed by atoms with van der Waals surface area (Å²) < 4.78 is 5.10. The van der Waals surface area contributed by atoms with Crippen LogP contribution in [0.3, 0.4) is 0 Å². The van der Waals surface area contributed by atoms with Crippen molar-refractivity contribution in [2.75, 3.05) is 13.1 Å². The summed E-state index contributed by atoms with van der Waals surface area (Å²) in [4.78, 5) is 13.8. The SMILES string of the molecule is CC1CCN(C(=O)c2ccco2)C1CN. The lowest BCUT2D eigenvalue weighted by atomic mass is 10.0. The number of nitrogens with two attached hydrogens (primary N) is 1. The molecule has 1 fully saturated rings. The largest absolute Gasteiger partial charge is 0.459 e. The Kier molecular flexibility index (Phi) is 2.77. The maximum Gasteiger partial charge on any atom is 0.289 e. The van der Waals surface area contributed by atoms with Gasteiger partial charge in [0.2, 0.25) is 0 Å². The Morgan fingerprint density at radius 3 is 3.13 bits per heavy atom. The van der Waals surface area contributed by atoms with E-state index in [-0.39, 0.29) is 11.9 Å². The van der Waals surface area contributed by atoms with E-state index in [1.54, 1.807) is 12.1 Å². The van der Waals surface area contributed by atoms with Gasteiger partial charge in [0.1, 0.15) is 0 Å². The van der Waals surface area contributed by atoms with Crippen LogP contribution in [0.5, 0.6) is 0 Å². The van der Waals surface area contributed by atoms with E-state index < -0.39 is 0 Å². The average molecular weight is 208 g/mol. The zero-order valence-corrected chi connectivity index (χ0v) is 8.85. The first-order valence-corrected chi connectivity index (χ1v) is 5.28. The maximum atomic E-state index is 12.0. The van der Waals surface area contributed by atoms with E-state index in [0.29, 0.717) is 18.2 Å². The number of furan rings is 1. The summed E-state index contributed by atoms with van der Waals surface area (Å²) in [5, 5.41) is 0. The van der Waals surface area contributed by atoms with Gasteiger partial charge in [0.25, 0.3) is 5.91 Å². The van der Waals surface area contributed by atoms with Crippen molar-refractivity contribution < 1.29 is 9.21 Å². The molecule has 0 radical (unpaired) electrons. The van der Waals surface area contributed by atoms with Crippen LogP contribution in [-0.2, 0) is 0 Å². The number of carbonyl (C=O) groups excluding carboxylic acids is 1. The molecule has 0 aliphatic carbocycles. The van der Waals surface area contributed by atoms with E-state index in [2.05, 4.69) is 6.92 Å². The molecule has 82 valence electrons. The molecule has 1 saturated heterocycles. The lowest BCUT2D eigenvalue weighted by Crippen LogP contribution is -2.42. The van der Waals surface area contributed by atoms with Gasteiger partial charge in [-0.1, -0.05) is 6.92 Å². The minimum Gasteiger partial charge on any atom is -0.459 e. The number of hydrogen-bond donors (Lipinski definition) is 1. The first kappa shape index (κ1) is 10.2. The van der Waals surface area contributed by atoms with Crippen molar-refractivity contribution in [2.45, 2.75) is 19.4 Å². The molecule has 1 aliphatic rings. The molecule has 2 heterocycles. The molecular formula is C11H16N2O2. The van der Waals surface area contributed by atoms with Crippen LogP contribution in [0.1, 0.15) is 23.9 Å². The fourth-order valence-corrected chi connectivity index (χ4v) is 2.16. The lowest BCUT2D eigenvalue weighted by molar-refractivity contribution is 0.0695. The first-order valence-electron chi connectivity index (χ1n) is 5.28. The predicted molar refractivity (Wildman–Crippen MR) is 56.4 cm³/mol. The van der Waals surface area contributed by atoms with Gasteiger partial charge in [-0.3, -0.25) is 4.79 Å². The number of nitrogens with zero attached hydrogens (tertiary/aromatic N) is 1. The predicted octanol–water partition coefficient (Wildman–Crippen LogP) is 1.09. The van der Waals surface area contributed by atoms with Crippen molar-refractivity contribution in [1.82, 2.24) is 4.90 Å². The third-order valence-electron chi connectivity index (χ3n) is 3.12. The Balaban J connectivity index is 2.14. The van der Waals surface area contributed by atoms with Crippen LogP contribution in [0, 0.1) is 5.92 Å². The summed E-state index contributed by atoms with van der Waals surface area (Å²) in [6.45, 7) is 3.43. The fourth-order valence-electron chi connectivity index (χ4n) is 2.16. The standard InChI is InChI=1S/C11H16N2O2/c1-8-4-5-13(9(8)7-12)11(14)10-3-2-6-15-10/h2-3,6,8-9H,4-5,7,12H2,1H3. The minimum absolute atomic E-state index is 0.0419. The summed E-state index contributed by atoms with van der Waals surface area (Å²) in [5.41, 5.74) is 5.68. The summed E-state index contributed by atoms with van der Waals surface area (Å²) in [7, 11) is 0. The Morgan fingerprint density at radius 1 is 1.73 bits per heavy atom. The van der Waals surface area contributed by atoms with Gasteiger partial charge in [0, 0.05) is 19.1 Å². The average Bonchev–Trinajstić information content (AvgIpc) is 2.85. The molecule has 4 nitrogen and oxygen atoms in total. The zero-order chi connectivity index (χ0) is 10.8. The van der Waals surface area contributed by atoms with Gasteiger partial charge in [0.05, 0.1) is 6.26 Å². The molecule has 2 unspecified atom stereocenters. The molecule has 15 heavy (non-hydrogen) atoms. The van der Waals surface area contributed by atoms with Gasteiger partial charge in [-0.05, 0) is 24.5 Å². The van der Waals surface area contributed by atoms with E-state index >= 15 is 0 Å². The van der Waals surface area contributed by atoms with Crippen molar-refractivity contribution in [3.63, 3.8) is 0 Å². The van der Waals surface area contributed by atoms with Crippen LogP contribution in [0.2, 0.25) is 0 Å². The second-order valence-corrected chi connectivity index (χ2v) is 4.04. The number of amides is 1. The summed E-state index contributed by atoms with van der Waals surface area (Å²) in [5.74, 6) is 0.844. The molecule has 0 bridgehead atoms. The van der Waals surface area contributed by atoms with Crippen LogP contribution < -0.4 is 5.73 Å². The van der Waals surface area contributed by atoms with Gasteiger partial charge < -0.3 is 15.1 Å². The van der Waals surface area contributed by atoms with E-state index in [9.17, 15) is 4.79 Å². The Bertz CT molecular complexity index is 334. The van der Waals surface area contributed by atoms with Crippen LogP contribution in [0.25, 0.3) is 0 Å². The smallest absolute Gasteiger partial charge is 0.289 e. The van der Waals surface area contributed by atoms with E-state index in [4.69, 9.17) is 10.2 Å². The third-order valence-corrected chi connectivity index (χ3v) is 3.12. The molecule has 4 heteroatoms. The van der Waals surface area contributed by atoms with E-state index in [0.717, 1.165) is 13.0 Å². The van der Waals surface area contributed by atoms with Crippen molar-refractivity contribution in [3.05, 3.63) is 24.2 Å². The van der Waals surface area contributed by atoms with E-state index in [1.807, 2.05) is 4.90 Å². The molecule has 2 N–H and O–H groups in total. The van der Waals surface area contributed by atoms with E-state index in [1.165, 1.54) is 6.26 Å². The zero-order valence-electron chi connectivity index (χ0n) is 8.85. The van der Waals surface area contributed by atoms with Crippen molar-refractivity contribution in [1.29, 1.82) is 0 Å². The Hall–Kier alpha value is -1.29. The summed E-state index contributed by atoms with van der Waals surface area (Å²) >= 11 is 0. The highest BCUT2D eigenvalue weighted by Gasteiger charge is 2.34. The molecule has 0 spiro atoms. The number of carbonyl (C=O) groups is 1. The van der Waals surface area contributed by atoms with Crippen molar-refractivity contribution in [2.24, 2.45) is 11.7 Å². The van der Waals surface area contributed by atoms with Crippen LogP contribution >= 0.6 is 0 Å². The molecule has 0 saturated carbocycles. The van der Waals surface area contributed by atoms with Gasteiger partial charge in [-0.15, -0.1) is 0 Å². The Labute approximate surface area is 89.0 Å². The van der Waals surface area contributed by atoms with Gasteiger partial charge in [-0.2, -0.15) is 0 Å². The van der Waals surface area contributed by atoms with Crippen LogP contribution in [-0.4, -0.2) is 29.9 Å². The van der Waals surface area contributed by atoms with Crippen LogP contribution in [0.15, 0.2) is 22.8 Å². The highest BCUT2D eigenvalue weighted by molar-refractivity contribution is 5.91. The number of rotatable bonds is 2. The molecule has 1 aliphatic heterocycles. The third kappa shape index (κ3) is 1.77. The molecule has 2 atom stereocenters. The Morgan fingerprint density at radius 2 is 2.53 bits per heavy atom. The molecule has 1 amide bonds. The molecule has 2 rings (SSSR count). The number of likely N-dealkylation sites (tertiary alicyclic amines) is 1. The fraction of sp³-hybridized carbons (Fsp3) is 0.545.